The summed E-state index contributed by atoms with van der Waals surface area (Å²) in [6.07, 6.45) is -2.42. The van der Waals surface area contributed by atoms with Crippen molar-refractivity contribution in [1.29, 1.82) is 0 Å². The van der Waals surface area contributed by atoms with Crippen LogP contribution in [0, 0.1) is 6.92 Å². The lowest BCUT2D eigenvalue weighted by Gasteiger charge is -2.34. The normalized spacial score (nSPS) is 18.8. The molecule has 0 spiro atoms. The lowest BCUT2D eigenvalue weighted by Crippen LogP contribution is -2.43. The minimum absolute atomic E-state index is 0.266. The smallest absolute Gasteiger partial charge is 0.324 e. The maximum atomic E-state index is 12.6. The highest BCUT2D eigenvalue weighted by Gasteiger charge is 2.52. The molecule has 0 aliphatic heterocycles. The largest absolute Gasteiger partial charge is 0.416 e. The van der Waals surface area contributed by atoms with E-state index in [1.54, 1.807) is 13.0 Å². The van der Waals surface area contributed by atoms with Gasteiger partial charge in [0.15, 0.2) is 0 Å². The van der Waals surface area contributed by atoms with E-state index in [1.807, 2.05) is 13.8 Å². The molecule has 2 N–H and O–H groups in total. The number of rotatable bonds is 2. The average Bonchev–Trinajstić information content (AvgIpc) is 2.96. The lowest BCUT2D eigenvalue weighted by molar-refractivity contribution is -0.137. The fourth-order valence-electron chi connectivity index (χ4n) is 2.57. The van der Waals surface area contributed by atoms with Crippen molar-refractivity contribution in [3.05, 3.63) is 34.9 Å². The van der Waals surface area contributed by atoms with Gasteiger partial charge in [-0.05, 0) is 43.0 Å². The summed E-state index contributed by atoms with van der Waals surface area (Å²) in [6.45, 7) is 5.74. The summed E-state index contributed by atoms with van der Waals surface area (Å²) in [5.41, 5.74) is 6.65. The van der Waals surface area contributed by atoms with Crippen LogP contribution in [0.2, 0.25) is 0 Å². The highest BCUT2D eigenvalue weighted by molar-refractivity contribution is 5.41. The number of benzene rings is 1. The van der Waals surface area contributed by atoms with Crippen LogP contribution in [0.5, 0.6) is 0 Å². The Morgan fingerprint density at radius 3 is 2.11 bits per heavy atom. The van der Waals surface area contributed by atoms with E-state index in [-0.39, 0.29) is 11.0 Å². The molecule has 1 saturated carbocycles. The number of halogens is 3. The maximum absolute atomic E-state index is 12.6. The second kappa shape index (κ2) is 3.73. The van der Waals surface area contributed by atoms with E-state index in [0.29, 0.717) is 5.56 Å². The molecule has 0 aromatic heterocycles. The molecule has 1 aliphatic rings. The third kappa shape index (κ3) is 2.03. The van der Waals surface area contributed by atoms with Gasteiger partial charge in [0.2, 0.25) is 0 Å². The van der Waals surface area contributed by atoms with E-state index in [1.165, 1.54) is 6.07 Å². The molecule has 0 radical (unpaired) electrons. The Bertz CT molecular complexity index is 470. The van der Waals surface area contributed by atoms with Gasteiger partial charge in [-0.3, -0.25) is 0 Å². The predicted octanol–water partition coefficient (Wildman–Crippen LogP) is 3.78. The molecule has 2 rings (SSSR count). The van der Waals surface area contributed by atoms with Gasteiger partial charge in [-0.15, -0.1) is 0 Å². The van der Waals surface area contributed by atoms with Gasteiger partial charge < -0.3 is 5.73 Å². The van der Waals surface area contributed by atoms with Gasteiger partial charge in [0, 0.05) is 11.0 Å². The minimum atomic E-state index is -4.28. The monoisotopic (exact) mass is 257 g/mol. The first kappa shape index (κ1) is 13.4. The van der Waals surface area contributed by atoms with E-state index in [0.717, 1.165) is 24.5 Å². The van der Waals surface area contributed by atoms with Crippen molar-refractivity contribution >= 4 is 0 Å². The van der Waals surface area contributed by atoms with Gasteiger partial charge in [0.05, 0.1) is 5.56 Å². The SMILES string of the molecule is Cc1cc(C(F)(F)F)ccc1C(C)(C)C1(N)CC1. The van der Waals surface area contributed by atoms with Gasteiger partial charge in [0.1, 0.15) is 0 Å². The number of aryl methyl sites for hydroxylation is 1. The second-order valence-corrected chi connectivity index (χ2v) is 5.81. The van der Waals surface area contributed by atoms with Gasteiger partial charge in [0.25, 0.3) is 0 Å². The lowest BCUT2D eigenvalue weighted by atomic mass is 9.74. The highest BCUT2D eigenvalue weighted by Crippen LogP contribution is 2.50. The van der Waals surface area contributed by atoms with Crippen LogP contribution in [-0.2, 0) is 11.6 Å². The Balaban J connectivity index is 2.42. The van der Waals surface area contributed by atoms with Crippen molar-refractivity contribution in [2.45, 2.75) is 50.7 Å². The summed E-state index contributed by atoms with van der Waals surface area (Å²) >= 11 is 0. The van der Waals surface area contributed by atoms with Crippen molar-refractivity contribution in [3.63, 3.8) is 0 Å². The van der Waals surface area contributed by atoms with Crippen LogP contribution in [0.15, 0.2) is 18.2 Å². The van der Waals surface area contributed by atoms with E-state index >= 15 is 0 Å². The Morgan fingerprint density at radius 1 is 1.17 bits per heavy atom. The number of hydrogen-bond donors (Lipinski definition) is 1. The van der Waals surface area contributed by atoms with Gasteiger partial charge in [-0.25, -0.2) is 0 Å². The van der Waals surface area contributed by atoms with Crippen LogP contribution in [0.4, 0.5) is 13.2 Å². The van der Waals surface area contributed by atoms with Crippen molar-refractivity contribution < 1.29 is 13.2 Å². The number of alkyl halides is 3. The quantitative estimate of drug-likeness (QED) is 0.857. The van der Waals surface area contributed by atoms with E-state index in [2.05, 4.69) is 0 Å². The zero-order chi connectivity index (χ0) is 13.8. The van der Waals surface area contributed by atoms with Gasteiger partial charge in [-0.1, -0.05) is 19.9 Å². The third-order valence-corrected chi connectivity index (χ3v) is 4.26. The molecule has 0 amide bonds. The summed E-state index contributed by atoms with van der Waals surface area (Å²) in [5.74, 6) is 0. The molecular weight excluding hydrogens is 239 g/mol. The molecule has 1 aromatic rings. The van der Waals surface area contributed by atoms with Crippen LogP contribution in [0.3, 0.4) is 0 Å². The van der Waals surface area contributed by atoms with Crippen LogP contribution < -0.4 is 5.73 Å². The zero-order valence-corrected chi connectivity index (χ0v) is 10.9. The average molecular weight is 257 g/mol. The van der Waals surface area contributed by atoms with Crippen LogP contribution in [0.25, 0.3) is 0 Å². The molecule has 0 heterocycles. The van der Waals surface area contributed by atoms with Crippen LogP contribution >= 0.6 is 0 Å². The topological polar surface area (TPSA) is 26.0 Å². The van der Waals surface area contributed by atoms with E-state index < -0.39 is 11.7 Å². The molecule has 1 aromatic carbocycles. The van der Waals surface area contributed by atoms with Crippen molar-refractivity contribution in [1.82, 2.24) is 0 Å². The number of hydrogen-bond acceptors (Lipinski definition) is 1. The molecule has 0 saturated heterocycles. The van der Waals surface area contributed by atoms with Gasteiger partial charge in [-0.2, -0.15) is 13.2 Å². The first-order chi connectivity index (χ1) is 8.08. The third-order valence-electron chi connectivity index (χ3n) is 4.26. The zero-order valence-electron chi connectivity index (χ0n) is 10.9. The molecular formula is C14H18F3N. The minimum Gasteiger partial charge on any atom is -0.324 e. The van der Waals surface area contributed by atoms with Crippen molar-refractivity contribution in [2.24, 2.45) is 5.73 Å². The molecule has 4 heteroatoms. The molecule has 1 nitrogen and oxygen atoms in total. The Kier molecular flexibility index (Phi) is 2.78. The number of nitrogens with two attached hydrogens (primary N) is 1. The van der Waals surface area contributed by atoms with Crippen molar-refractivity contribution in [3.8, 4) is 0 Å². The summed E-state index contributed by atoms with van der Waals surface area (Å²) < 4.78 is 37.9. The second-order valence-electron chi connectivity index (χ2n) is 5.81. The first-order valence-corrected chi connectivity index (χ1v) is 6.05. The molecule has 1 aliphatic carbocycles. The van der Waals surface area contributed by atoms with Gasteiger partial charge >= 0.3 is 6.18 Å². The summed E-state index contributed by atoms with van der Waals surface area (Å²) in [7, 11) is 0. The van der Waals surface area contributed by atoms with E-state index in [4.69, 9.17) is 5.73 Å². The Morgan fingerprint density at radius 2 is 1.72 bits per heavy atom. The Hall–Kier alpha value is -1.03. The molecule has 0 bridgehead atoms. The molecule has 1 fully saturated rings. The standard InChI is InChI=1S/C14H18F3N/c1-9-8-10(14(15,16)17)4-5-11(9)12(2,3)13(18)6-7-13/h4-5,8H,6-7,18H2,1-3H3. The summed E-state index contributed by atoms with van der Waals surface area (Å²) in [6, 6.07) is 3.93. The fourth-order valence-corrected chi connectivity index (χ4v) is 2.57. The van der Waals surface area contributed by atoms with Crippen molar-refractivity contribution in [2.75, 3.05) is 0 Å². The fraction of sp³-hybridized carbons (Fsp3) is 0.571. The Labute approximate surface area is 105 Å². The van der Waals surface area contributed by atoms with E-state index in [9.17, 15) is 13.2 Å². The molecule has 0 atom stereocenters. The molecule has 18 heavy (non-hydrogen) atoms. The highest BCUT2D eigenvalue weighted by atomic mass is 19.4. The predicted molar refractivity (Wildman–Crippen MR) is 65.4 cm³/mol. The molecule has 0 unspecified atom stereocenters. The van der Waals surface area contributed by atoms with Crippen LogP contribution in [0.1, 0.15) is 43.4 Å². The first-order valence-electron chi connectivity index (χ1n) is 6.05. The molecule has 100 valence electrons. The summed E-state index contributed by atoms with van der Waals surface area (Å²) in [4.78, 5) is 0. The maximum Gasteiger partial charge on any atom is 0.416 e. The summed E-state index contributed by atoms with van der Waals surface area (Å²) in [5, 5.41) is 0. The van der Waals surface area contributed by atoms with Crippen LogP contribution in [-0.4, -0.2) is 5.54 Å².